The highest BCUT2D eigenvalue weighted by Crippen LogP contribution is 2.45. The third-order valence-electron chi connectivity index (χ3n) is 4.95. The van der Waals surface area contributed by atoms with Crippen LogP contribution in [0.3, 0.4) is 0 Å². The lowest BCUT2D eigenvalue weighted by atomic mass is 9.85. The Kier molecular flexibility index (Phi) is 4.71. The summed E-state index contributed by atoms with van der Waals surface area (Å²) >= 11 is 0. The second-order valence-electron chi connectivity index (χ2n) is 8.41. The molecule has 0 bridgehead atoms. The van der Waals surface area contributed by atoms with Crippen LogP contribution < -0.4 is 0 Å². The van der Waals surface area contributed by atoms with Crippen LogP contribution in [0.15, 0.2) is 24.3 Å². The minimum Gasteiger partial charge on any atom is -0.444 e. The predicted octanol–water partition coefficient (Wildman–Crippen LogP) is 3.69. The minimum atomic E-state index is -4.42. The smallest absolute Gasteiger partial charge is 0.416 e. The van der Waals surface area contributed by atoms with Crippen molar-refractivity contribution in [1.82, 2.24) is 4.90 Å². The Balaban J connectivity index is 1.70. The van der Waals surface area contributed by atoms with Crippen molar-refractivity contribution >= 4 is 6.09 Å². The number of ether oxygens (including phenoxy) is 2. The van der Waals surface area contributed by atoms with Crippen molar-refractivity contribution in [2.45, 2.75) is 56.6 Å². The van der Waals surface area contributed by atoms with E-state index in [1.165, 1.54) is 12.1 Å². The molecule has 1 aromatic carbocycles. The minimum absolute atomic E-state index is 0.0273. The molecule has 3 rings (SSSR count). The zero-order chi connectivity index (χ0) is 20.1. The molecular formula is C19H24F3NO4. The topological polar surface area (TPSA) is 59.0 Å². The summed E-state index contributed by atoms with van der Waals surface area (Å²) in [5, 5.41) is 11.0. The van der Waals surface area contributed by atoms with Crippen LogP contribution in [0.2, 0.25) is 0 Å². The molecule has 2 aliphatic rings. The molecule has 5 nitrogen and oxygen atoms in total. The number of halogens is 3. The van der Waals surface area contributed by atoms with E-state index in [-0.39, 0.29) is 19.6 Å². The van der Waals surface area contributed by atoms with Gasteiger partial charge in [-0.25, -0.2) is 4.79 Å². The van der Waals surface area contributed by atoms with Crippen LogP contribution in [0.1, 0.15) is 44.7 Å². The number of alkyl halides is 3. The maximum Gasteiger partial charge on any atom is 0.416 e. The van der Waals surface area contributed by atoms with Gasteiger partial charge in [-0.2, -0.15) is 13.2 Å². The first-order valence-electron chi connectivity index (χ1n) is 8.84. The van der Waals surface area contributed by atoms with E-state index in [4.69, 9.17) is 9.47 Å². The fraction of sp³-hybridized carbons (Fsp3) is 0.632. The lowest BCUT2D eigenvalue weighted by molar-refractivity contribution is -0.137. The van der Waals surface area contributed by atoms with E-state index in [0.29, 0.717) is 18.5 Å². The molecule has 2 saturated heterocycles. The summed E-state index contributed by atoms with van der Waals surface area (Å²) in [7, 11) is 0. The average Bonchev–Trinajstić information content (AvgIpc) is 3.10. The highest BCUT2D eigenvalue weighted by Gasteiger charge is 2.53. The van der Waals surface area contributed by atoms with Gasteiger partial charge in [0, 0.05) is 13.0 Å². The van der Waals surface area contributed by atoms with Crippen molar-refractivity contribution in [3.8, 4) is 0 Å². The number of carbonyl (C=O) groups excluding carboxylic acids is 1. The van der Waals surface area contributed by atoms with Gasteiger partial charge in [0.2, 0.25) is 0 Å². The SMILES string of the molecule is CC(C)(C)OC(=O)N1CCC2(C1)CC(O)(c1ccc(C(F)(F)F)cc1)CO2. The van der Waals surface area contributed by atoms with Crippen LogP contribution in [0, 0.1) is 0 Å². The number of carbonyl (C=O) groups is 1. The van der Waals surface area contributed by atoms with E-state index in [1.54, 1.807) is 25.7 Å². The molecular weight excluding hydrogens is 363 g/mol. The van der Waals surface area contributed by atoms with Gasteiger partial charge in [0.1, 0.15) is 11.2 Å². The Morgan fingerprint density at radius 2 is 1.85 bits per heavy atom. The Labute approximate surface area is 156 Å². The van der Waals surface area contributed by atoms with Crippen molar-refractivity contribution in [3.63, 3.8) is 0 Å². The van der Waals surface area contributed by atoms with Crippen LogP contribution in [0.5, 0.6) is 0 Å². The average molecular weight is 387 g/mol. The highest BCUT2D eigenvalue weighted by atomic mass is 19.4. The van der Waals surface area contributed by atoms with Gasteiger partial charge < -0.3 is 19.5 Å². The van der Waals surface area contributed by atoms with Crippen molar-refractivity contribution in [2.24, 2.45) is 0 Å². The van der Waals surface area contributed by atoms with Crippen LogP contribution in [0.4, 0.5) is 18.0 Å². The maximum atomic E-state index is 12.7. The molecule has 2 atom stereocenters. The van der Waals surface area contributed by atoms with Gasteiger partial charge in [0.25, 0.3) is 0 Å². The standard InChI is InChI=1S/C19H24F3NO4/c1-16(2,3)27-15(24)23-9-8-17(11-23)10-18(25,12-26-17)13-4-6-14(7-5-13)19(20,21)22/h4-7,25H,8-12H2,1-3H3. The Hall–Kier alpha value is -1.80. The van der Waals surface area contributed by atoms with E-state index in [0.717, 1.165) is 12.1 Å². The normalized spacial score (nSPS) is 28.8. The first-order chi connectivity index (χ1) is 12.3. The molecule has 0 saturated carbocycles. The Morgan fingerprint density at radius 3 is 2.41 bits per heavy atom. The lowest BCUT2D eigenvalue weighted by Gasteiger charge is -2.27. The molecule has 150 valence electrons. The second kappa shape index (κ2) is 6.38. The largest absolute Gasteiger partial charge is 0.444 e. The van der Waals surface area contributed by atoms with Crippen LogP contribution in [-0.4, -0.2) is 47.0 Å². The van der Waals surface area contributed by atoms with Gasteiger partial charge in [0.15, 0.2) is 0 Å². The molecule has 0 aliphatic carbocycles. The molecule has 0 radical (unpaired) electrons. The number of nitrogens with zero attached hydrogens (tertiary/aromatic N) is 1. The molecule has 8 heteroatoms. The third kappa shape index (κ3) is 4.21. The quantitative estimate of drug-likeness (QED) is 0.799. The van der Waals surface area contributed by atoms with Crippen molar-refractivity contribution in [2.75, 3.05) is 19.7 Å². The monoisotopic (exact) mass is 387 g/mol. The summed E-state index contributed by atoms with van der Waals surface area (Å²) in [5.74, 6) is 0. The van der Waals surface area contributed by atoms with Crippen molar-refractivity contribution in [3.05, 3.63) is 35.4 Å². The molecule has 1 amide bonds. The molecule has 2 fully saturated rings. The van der Waals surface area contributed by atoms with Crippen LogP contribution in [0.25, 0.3) is 0 Å². The predicted molar refractivity (Wildman–Crippen MR) is 91.1 cm³/mol. The third-order valence-corrected chi connectivity index (χ3v) is 4.95. The lowest BCUT2D eigenvalue weighted by Crippen LogP contribution is -2.39. The number of aliphatic hydroxyl groups is 1. The summed E-state index contributed by atoms with van der Waals surface area (Å²) in [6, 6.07) is 4.48. The first kappa shape index (κ1) is 19.9. The number of benzene rings is 1. The fourth-order valence-corrected chi connectivity index (χ4v) is 3.65. The molecule has 1 aromatic rings. The van der Waals surface area contributed by atoms with E-state index >= 15 is 0 Å². The summed E-state index contributed by atoms with van der Waals surface area (Å²) in [5.41, 5.74) is -3.09. The number of amides is 1. The summed E-state index contributed by atoms with van der Waals surface area (Å²) < 4.78 is 49.4. The van der Waals surface area contributed by atoms with Crippen molar-refractivity contribution in [1.29, 1.82) is 0 Å². The Bertz CT molecular complexity index is 713. The molecule has 0 aromatic heterocycles. The molecule has 2 heterocycles. The molecule has 1 spiro atoms. The molecule has 1 N–H and O–H groups in total. The van der Waals surface area contributed by atoms with E-state index < -0.39 is 34.6 Å². The van der Waals surface area contributed by atoms with Crippen molar-refractivity contribution < 1.29 is 32.5 Å². The highest BCUT2D eigenvalue weighted by molar-refractivity contribution is 5.68. The molecule has 2 aliphatic heterocycles. The summed E-state index contributed by atoms with van der Waals surface area (Å²) in [4.78, 5) is 13.8. The fourth-order valence-electron chi connectivity index (χ4n) is 3.65. The first-order valence-corrected chi connectivity index (χ1v) is 8.84. The second-order valence-corrected chi connectivity index (χ2v) is 8.41. The van der Waals surface area contributed by atoms with E-state index in [1.807, 2.05) is 0 Å². The Morgan fingerprint density at radius 1 is 1.22 bits per heavy atom. The van der Waals surface area contributed by atoms with Gasteiger partial charge in [-0.05, 0) is 44.9 Å². The number of hydrogen-bond acceptors (Lipinski definition) is 4. The van der Waals surface area contributed by atoms with Gasteiger partial charge >= 0.3 is 12.3 Å². The van der Waals surface area contributed by atoms with Gasteiger partial charge in [-0.3, -0.25) is 0 Å². The van der Waals surface area contributed by atoms with Crippen LogP contribution >= 0.6 is 0 Å². The zero-order valence-electron chi connectivity index (χ0n) is 15.6. The number of rotatable bonds is 1. The van der Waals surface area contributed by atoms with E-state index in [2.05, 4.69) is 0 Å². The van der Waals surface area contributed by atoms with E-state index in [9.17, 15) is 23.1 Å². The zero-order valence-corrected chi connectivity index (χ0v) is 15.6. The molecule has 27 heavy (non-hydrogen) atoms. The van der Waals surface area contributed by atoms with Gasteiger partial charge in [-0.15, -0.1) is 0 Å². The summed E-state index contributed by atoms with van der Waals surface area (Å²) in [6.07, 6.45) is -4.11. The van der Waals surface area contributed by atoms with Crippen LogP contribution in [-0.2, 0) is 21.3 Å². The summed E-state index contributed by atoms with van der Waals surface area (Å²) in [6.45, 7) is 6.05. The number of hydrogen-bond donors (Lipinski definition) is 1. The van der Waals surface area contributed by atoms with Gasteiger partial charge in [-0.1, -0.05) is 12.1 Å². The maximum absolute atomic E-state index is 12.7. The molecule has 2 unspecified atom stereocenters. The van der Waals surface area contributed by atoms with Gasteiger partial charge in [0.05, 0.1) is 24.3 Å². The number of likely N-dealkylation sites (tertiary alicyclic amines) is 1.